The molecule has 0 unspecified atom stereocenters. The van der Waals surface area contributed by atoms with Gasteiger partial charge in [0, 0.05) is 0 Å². The van der Waals surface area contributed by atoms with Gasteiger partial charge in [-0.05, 0) is 30.7 Å². The normalized spacial score (nSPS) is 16.3. The lowest BCUT2D eigenvalue weighted by atomic mass is 10.2. The summed E-state index contributed by atoms with van der Waals surface area (Å²) in [5.74, 6) is 1.77. The Morgan fingerprint density at radius 1 is 1.04 bits per heavy atom. The number of anilines is 1. The summed E-state index contributed by atoms with van der Waals surface area (Å²) in [6.07, 6.45) is -0.456. The van der Waals surface area contributed by atoms with Crippen molar-refractivity contribution in [1.82, 2.24) is 0 Å². The first-order valence-corrected chi connectivity index (χ1v) is 9.25. The number of methoxy groups -OCH3 is 1. The minimum absolute atomic E-state index is 0.338. The minimum atomic E-state index is -0.456. The molecule has 0 aliphatic carbocycles. The van der Waals surface area contributed by atoms with Gasteiger partial charge in [-0.25, -0.2) is 0 Å². The molecular formula is C21H29N2O3+. The second-order valence-corrected chi connectivity index (χ2v) is 6.84. The number of rotatable bonds is 7. The number of nitrogens with one attached hydrogen (secondary N) is 1. The molecule has 1 aliphatic heterocycles. The van der Waals surface area contributed by atoms with Gasteiger partial charge in [0.15, 0.2) is 0 Å². The van der Waals surface area contributed by atoms with Crippen molar-refractivity contribution in [3.8, 4) is 11.5 Å². The van der Waals surface area contributed by atoms with E-state index in [-0.39, 0.29) is 0 Å². The molecule has 3 rings (SSSR count). The average molecular weight is 357 g/mol. The first kappa shape index (κ1) is 18.5. The third-order valence-corrected chi connectivity index (χ3v) is 4.95. The van der Waals surface area contributed by atoms with E-state index in [0.29, 0.717) is 13.2 Å². The predicted molar refractivity (Wildman–Crippen MR) is 103 cm³/mol. The molecule has 26 heavy (non-hydrogen) atoms. The second kappa shape index (κ2) is 8.92. The number of ether oxygens (including phenoxy) is 2. The quantitative estimate of drug-likeness (QED) is 0.780. The van der Waals surface area contributed by atoms with Crippen molar-refractivity contribution in [1.29, 1.82) is 0 Å². The van der Waals surface area contributed by atoms with Crippen LogP contribution in [-0.2, 0) is 0 Å². The number of para-hydroxylation sites is 3. The van der Waals surface area contributed by atoms with E-state index >= 15 is 0 Å². The van der Waals surface area contributed by atoms with Gasteiger partial charge in [0.2, 0.25) is 0 Å². The zero-order chi connectivity index (χ0) is 18.4. The number of hydrogen-bond acceptors (Lipinski definition) is 4. The Kier molecular flexibility index (Phi) is 6.36. The summed E-state index contributed by atoms with van der Waals surface area (Å²) in [6, 6.07) is 16.1. The number of quaternary nitrogens is 1. The standard InChI is InChI=1S/C21H28N2O3/c1-17-7-3-5-9-20(17)26-16-18(24)15-22-11-13-23(14-12-22)19-8-4-6-10-21(19)25-2/h3-10,18,24H,11-16H2,1-2H3/p+1/t18-/m0/s1. The van der Waals surface area contributed by atoms with Crippen LogP contribution in [0.15, 0.2) is 48.5 Å². The Bertz CT molecular complexity index is 699. The number of aliphatic hydroxyl groups excluding tert-OH is 1. The van der Waals surface area contributed by atoms with Gasteiger partial charge < -0.3 is 24.4 Å². The molecule has 140 valence electrons. The third kappa shape index (κ3) is 4.68. The number of aliphatic hydroxyl groups is 1. The highest BCUT2D eigenvalue weighted by Gasteiger charge is 2.24. The van der Waals surface area contributed by atoms with Crippen molar-refractivity contribution in [3.05, 3.63) is 54.1 Å². The van der Waals surface area contributed by atoms with Gasteiger partial charge in [0.25, 0.3) is 0 Å². The Morgan fingerprint density at radius 2 is 1.69 bits per heavy atom. The van der Waals surface area contributed by atoms with Gasteiger partial charge in [-0.3, -0.25) is 0 Å². The maximum atomic E-state index is 10.3. The van der Waals surface area contributed by atoms with E-state index in [9.17, 15) is 5.11 Å². The maximum absolute atomic E-state index is 10.3. The third-order valence-electron chi connectivity index (χ3n) is 4.95. The van der Waals surface area contributed by atoms with Gasteiger partial charge in [-0.15, -0.1) is 0 Å². The second-order valence-electron chi connectivity index (χ2n) is 6.84. The van der Waals surface area contributed by atoms with E-state index in [4.69, 9.17) is 9.47 Å². The number of nitrogens with zero attached hydrogens (tertiary/aromatic N) is 1. The lowest BCUT2D eigenvalue weighted by Gasteiger charge is -2.35. The van der Waals surface area contributed by atoms with Crippen molar-refractivity contribution >= 4 is 5.69 Å². The van der Waals surface area contributed by atoms with Gasteiger partial charge in [0.1, 0.15) is 30.8 Å². The Morgan fingerprint density at radius 3 is 2.38 bits per heavy atom. The van der Waals surface area contributed by atoms with Crippen LogP contribution in [-0.4, -0.2) is 57.7 Å². The van der Waals surface area contributed by atoms with Crippen LogP contribution in [0.1, 0.15) is 5.56 Å². The molecule has 5 heteroatoms. The fraction of sp³-hybridized carbons (Fsp3) is 0.429. The van der Waals surface area contributed by atoms with Gasteiger partial charge >= 0.3 is 0 Å². The van der Waals surface area contributed by atoms with Crippen LogP contribution in [0.3, 0.4) is 0 Å². The van der Waals surface area contributed by atoms with Crippen LogP contribution in [0.2, 0.25) is 0 Å². The van der Waals surface area contributed by atoms with Crippen molar-refractivity contribution in [2.45, 2.75) is 13.0 Å². The Labute approximate surface area is 155 Å². The van der Waals surface area contributed by atoms with Crippen LogP contribution in [0.4, 0.5) is 5.69 Å². The van der Waals surface area contributed by atoms with E-state index in [1.807, 2.05) is 49.4 Å². The van der Waals surface area contributed by atoms with Crippen molar-refractivity contribution < 1.29 is 19.5 Å². The fourth-order valence-electron chi connectivity index (χ4n) is 3.46. The molecule has 2 N–H and O–H groups in total. The number of benzene rings is 2. The lowest BCUT2D eigenvalue weighted by molar-refractivity contribution is -0.903. The number of hydrogen-bond donors (Lipinski definition) is 2. The summed E-state index contributed by atoms with van der Waals surface area (Å²) in [6.45, 7) is 6.99. The summed E-state index contributed by atoms with van der Waals surface area (Å²) in [4.78, 5) is 3.77. The molecule has 0 radical (unpaired) electrons. The first-order valence-electron chi connectivity index (χ1n) is 9.25. The molecule has 1 atom stereocenters. The van der Waals surface area contributed by atoms with Crippen molar-refractivity contribution in [3.63, 3.8) is 0 Å². The molecule has 1 saturated heterocycles. The SMILES string of the molecule is COc1ccccc1N1CC[NH+](C[C@H](O)COc2ccccc2C)CC1. The van der Waals surface area contributed by atoms with Gasteiger partial charge in [-0.1, -0.05) is 30.3 Å². The van der Waals surface area contributed by atoms with Crippen LogP contribution < -0.4 is 19.3 Å². The van der Waals surface area contributed by atoms with Crippen LogP contribution in [0.25, 0.3) is 0 Å². The molecule has 1 fully saturated rings. The Hall–Kier alpha value is -2.24. The van der Waals surface area contributed by atoms with E-state index in [0.717, 1.165) is 48.9 Å². The molecule has 2 aromatic carbocycles. The largest absolute Gasteiger partial charge is 0.495 e. The molecule has 2 aromatic rings. The van der Waals surface area contributed by atoms with E-state index in [1.54, 1.807) is 7.11 Å². The first-order chi connectivity index (χ1) is 12.7. The van der Waals surface area contributed by atoms with Crippen molar-refractivity contribution in [2.75, 3.05) is 51.3 Å². The summed E-state index contributed by atoms with van der Waals surface area (Å²) >= 11 is 0. The maximum Gasteiger partial charge on any atom is 0.142 e. The highest BCUT2D eigenvalue weighted by atomic mass is 16.5. The summed E-state index contributed by atoms with van der Waals surface area (Å²) in [7, 11) is 1.71. The molecule has 0 bridgehead atoms. The summed E-state index contributed by atoms with van der Waals surface area (Å²) in [5, 5.41) is 10.3. The van der Waals surface area contributed by atoms with Crippen molar-refractivity contribution in [2.24, 2.45) is 0 Å². The lowest BCUT2D eigenvalue weighted by Crippen LogP contribution is -3.16. The minimum Gasteiger partial charge on any atom is -0.495 e. The topological polar surface area (TPSA) is 46.4 Å². The highest BCUT2D eigenvalue weighted by molar-refractivity contribution is 5.58. The molecule has 5 nitrogen and oxygen atoms in total. The molecule has 0 aromatic heterocycles. The predicted octanol–water partition coefficient (Wildman–Crippen LogP) is 1.15. The summed E-state index contributed by atoms with van der Waals surface area (Å²) < 4.78 is 11.2. The Balaban J connectivity index is 1.45. The van der Waals surface area contributed by atoms with Crippen LogP contribution in [0.5, 0.6) is 11.5 Å². The zero-order valence-electron chi connectivity index (χ0n) is 15.6. The molecule has 0 amide bonds. The van der Waals surface area contributed by atoms with Gasteiger partial charge in [0.05, 0.1) is 39.0 Å². The highest BCUT2D eigenvalue weighted by Crippen LogP contribution is 2.27. The monoisotopic (exact) mass is 357 g/mol. The van der Waals surface area contributed by atoms with E-state index in [1.165, 1.54) is 4.90 Å². The number of aryl methyl sites for hydroxylation is 1. The van der Waals surface area contributed by atoms with Gasteiger partial charge in [-0.2, -0.15) is 0 Å². The van der Waals surface area contributed by atoms with E-state index < -0.39 is 6.10 Å². The zero-order valence-corrected chi connectivity index (χ0v) is 15.6. The average Bonchev–Trinajstić information content (AvgIpc) is 2.68. The smallest absolute Gasteiger partial charge is 0.142 e. The fourth-order valence-corrected chi connectivity index (χ4v) is 3.46. The molecular weight excluding hydrogens is 328 g/mol. The molecule has 1 aliphatic rings. The van der Waals surface area contributed by atoms with E-state index in [2.05, 4.69) is 11.0 Å². The molecule has 0 spiro atoms. The van der Waals surface area contributed by atoms with Crippen LogP contribution >= 0.6 is 0 Å². The molecule has 0 saturated carbocycles. The summed E-state index contributed by atoms with van der Waals surface area (Å²) in [5.41, 5.74) is 2.25. The van der Waals surface area contributed by atoms with Crippen LogP contribution in [0, 0.1) is 6.92 Å². The molecule has 1 heterocycles. The number of piperazine rings is 1.